The number of hydrogen-bond acceptors (Lipinski definition) is 2. The quantitative estimate of drug-likeness (QED) is 0.738. The topological polar surface area (TPSA) is 49.3 Å². The molecule has 1 fully saturated rings. The van der Waals surface area contributed by atoms with Crippen molar-refractivity contribution in [1.29, 1.82) is 0 Å². The maximum atomic E-state index is 11.5. The number of rotatable bonds is 5. The van der Waals surface area contributed by atoms with E-state index in [-0.39, 0.29) is 17.9 Å². The highest BCUT2D eigenvalue weighted by Gasteiger charge is 2.42. The van der Waals surface area contributed by atoms with Gasteiger partial charge in [0.2, 0.25) is 5.91 Å². The molecule has 4 heteroatoms. The summed E-state index contributed by atoms with van der Waals surface area (Å²) in [6.45, 7) is 4.57. The maximum Gasteiger partial charge on any atom is 0.236 e. The van der Waals surface area contributed by atoms with Crippen molar-refractivity contribution in [3.63, 3.8) is 0 Å². The molecule has 1 aliphatic carbocycles. The zero-order valence-electron chi connectivity index (χ0n) is 8.77. The van der Waals surface area contributed by atoms with E-state index in [4.69, 9.17) is 5.11 Å². The number of nitrogens with one attached hydrogen (secondary N) is 1. The van der Waals surface area contributed by atoms with Gasteiger partial charge in [0, 0.05) is 13.2 Å². The Hall–Kier alpha value is -0.0900. The molecule has 0 atom stereocenters. The van der Waals surface area contributed by atoms with Gasteiger partial charge in [-0.3, -0.25) is 4.79 Å². The second kappa shape index (κ2) is 4.19. The van der Waals surface area contributed by atoms with Crippen molar-refractivity contribution in [2.75, 3.05) is 13.2 Å². The summed E-state index contributed by atoms with van der Waals surface area (Å²) in [7, 11) is 0. The Morgan fingerprint density at radius 1 is 1.57 bits per heavy atom. The summed E-state index contributed by atoms with van der Waals surface area (Å²) in [6.07, 6.45) is 3.04. The lowest BCUT2D eigenvalue weighted by Crippen LogP contribution is -2.40. The van der Waals surface area contributed by atoms with Crippen LogP contribution in [0.3, 0.4) is 0 Å². The lowest BCUT2D eigenvalue weighted by atomic mass is 10.0. The van der Waals surface area contributed by atoms with Gasteiger partial charge in [0.15, 0.2) is 0 Å². The molecule has 0 bridgehead atoms. The van der Waals surface area contributed by atoms with E-state index in [0.29, 0.717) is 6.54 Å². The van der Waals surface area contributed by atoms with Crippen LogP contribution in [-0.4, -0.2) is 28.5 Å². The van der Waals surface area contributed by atoms with Gasteiger partial charge in [-0.15, -0.1) is 0 Å². The highest BCUT2D eigenvalue weighted by Crippen LogP contribution is 2.47. The monoisotopic (exact) mass is 263 g/mol. The normalized spacial score (nSPS) is 19.1. The fourth-order valence-electron chi connectivity index (χ4n) is 1.41. The molecule has 0 unspecified atom stereocenters. The predicted octanol–water partition coefficient (Wildman–Crippen LogP) is 1.44. The minimum absolute atomic E-state index is 0.0155. The molecule has 1 amide bonds. The van der Waals surface area contributed by atoms with Gasteiger partial charge in [-0.1, -0.05) is 15.9 Å². The van der Waals surface area contributed by atoms with Crippen molar-refractivity contribution in [3.05, 3.63) is 0 Å². The van der Waals surface area contributed by atoms with Crippen LogP contribution in [0.5, 0.6) is 0 Å². The van der Waals surface area contributed by atoms with Crippen LogP contribution in [0.4, 0.5) is 0 Å². The number of carbonyl (C=O) groups excluding carboxylic acids is 1. The molecule has 2 N–H and O–H groups in total. The summed E-state index contributed by atoms with van der Waals surface area (Å²) in [5, 5.41) is 11.8. The molecular formula is C10H18BrNO2. The maximum absolute atomic E-state index is 11.5. The molecular weight excluding hydrogens is 246 g/mol. The molecule has 14 heavy (non-hydrogen) atoms. The molecule has 3 nitrogen and oxygen atoms in total. The van der Waals surface area contributed by atoms with Gasteiger partial charge in [0.25, 0.3) is 0 Å². The van der Waals surface area contributed by atoms with Crippen LogP contribution in [0.1, 0.15) is 33.1 Å². The van der Waals surface area contributed by atoms with Gasteiger partial charge in [0.05, 0.1) is 4.32 Å². The van der Waals surface area contributed by atoms with E-state index in [1.54, 1.807) is 0 Å². The summed E-state index contributed by atoms with van der Waals surface area (Å²) < 4.78 is -0.498. The molecule has 1 rings (SSSR count). The first-order valence-electron chi connectivity index (χ1n) is 4.98. The van der Waals surface area contributed by atoms with Crippen LogP contribution in [-0.2, 0) is 4.79 Å². The van der Waals surface area contributed by atoms with E-state index >= 15 is 0 Å². The van der Waals surface area contributed by atoms with Crippen molar-refractivity contribution in [1.82, 2.24) is 5.32 Å². The van der Waals surface area contributed by atoms with Crippen molar-refractivity contribution in [3.8, 4) is 0 Å². The number of aliphatic hydroxyl groups excluding tert-OH is 1. The van der Waals surface area contributed by atoms with Gasteiger partial charge in [0.1, 0.15) is 0 Å². The van der Waals surface area contributed by atoms with Crippen molar-refractivity contribution >= 4 is 21.8 Å². The molecule has 1 saturated carbocycles. The third-order valence-corrected chi connectivity index (χ3v) is 3.12. The molecule has 0 aliphatic heterocycles. The van der Waals surface area contributed by atoms with Crippen LogP contribution >= 0.6 is 15.9 Å². The largest absolute Gasteiger partial charge is 0.396 e. The van der Waals surface area contributed by atoms with Crippen molar-refractivity contribution in [2.45, 2.75) is 37.4 Å². The lowest BCUT2D eigenvalue weighted by molar-refractivity contribution is -0.122. The van der Waals surface area contributed by atoms with Gasteiger partial charge in [-0.25, -0.2) is 0 Å². The van der Waals surface area contributed by atoms with Crippen LogP contribution in [0.2, 0.25) is 0 Å². The van der Waals surface area contributed by atoms with Crippen LogP contribution in [0.15, 0.2) is 0 Å². The number of amides is 1. The number of alkyl halides is 1. The Balaban J connectivity index is 2.30. The third kappa shape index (κ3) is 3.24. The van der Waals surface area contributed by atoms with Gasteiger partial charge in [-0.05, 0) is 38.5 Å². The fraction of sp³-hybridized carbons (Fsp3) is 0.900. The van der Waals surface area contributed by atoms with E-state index in [9.17, 15) is 4.79 Å². The summed E-state index contributed by atoms with van der Waals surface area (Å²) in [5.74, 6) is 0.0155. The minimum Gasteiger partial charge on any atom is -0.396 e. The molecule has 0 spiro atoms. The molecule has 0 saturated heterocycles. The number of carbonyl (C=O) groups is 1. The van der Waals surface area contributed by atoms with E-state index in [1.165, 1.54) is 0 Å². The number of halogens is 1. The minimum atomic E-state index is -0.498. The molecule has 1 aliphatic rings. The summed E-state index contributed by atoms with van der Waals surface area (Å²) in [4.78, 5) is 11.5. The first kappa shape index (κ1) is 12.0. The second-order valence-corrected chi connectivity index (χ2v) is 6.61. The first-order valence-corrected chi connectivity index (χ1v) is 5.77. The Labute approximate surface area is 93.4 Å². The standard InChI is InChI=1S/C10H18BrNO2/c1-9(2,11)8(14)12-7-10(3-4-10)5-6-13/h13H,3-7H2,1-2H3,(H,12,14). The van der Waals surface area contributed by atoms with E-state index in [1.807, 2.05) is 13.8 Å². The molecule has 0 aromatic heterocycles. The van der Waals surface area contributed by atoms with Crippen LogP contribution < -0.4 is 5.32 Å². The second-order valence-electron chi connectivity index (χ2n) is 4.63. The lowest BCUT2D eigenvalue weighted by Gasteiger charge is -2.19. The van der Waals surface area contributed by atoms with E-state index in [0.717, 1.165) is 19.3 Å². The SMILES string of the molecule is CC(C)(Br)C(=O)NCC1(CCO)CC1. The average Bonchev–Trinajstić information content (AvgIpc) is 2.80. The van der Waals surface area contributed by atoms with Crippen LogP contribution in [0, 0.1) is 5.41 Å². The molecule has 82 valence electrons. The van der Waals surface area contributed by atoms with Crippen LogP contribution in [0.25, 0.3) is 0 Å². The Morgan fingerprint density at radius 3 is 2.50 bits per heavy atom. The average molecular weight is 264 g/mol. The van der Waals surface area contributed by atoms with E-state index in [2.05, 4.69) is 21.2 Å². The molecule has 0 aromatic carbocycles. The summed E-state index contributed by atoms with van der Waals surface area (Å²) in [6, 6.07) is 0. The number of hydrogen-bond donors (Lipinski definition) is 2. The fourth-order valence-corrected chi connectivity index (χ4v) is 1.55. The number of aliphatic hydroxyl groups is 1. The zero-order valence-corrected chi connectivity index (χ0v) is 10.4. The Bertz CT molecular complexity index is 219. The van der Waals surface area contributed by atoms with Crippen molar-refractivity contribution in [2.24, 2.45) is 5.41 Å². The highest BCUT2D eigenvalue weighted by atomic mass is 79.9. The zero-order chi connectivity index (χ0) is 10.8. The molecule has 0 heterocycles. The molecule has 0 aromatic rings. The van der Waals surface area contributed by atoms with Gasteiger partial charge in [-0.2, -0.15) is 0 Å². The van der Waals surface area contributed by atoms with Gasteiger partial charge < -0.3 is 10.4 Å². The third-order valence-electron chi connectivity index (χ3n) is 2.76. The molecule has 0 radical (unpaired) electrons. The predicted molar refractivity (Wildman–Crippen MR) is 59.4 cm³/mol. The Morgan fingerprint density at radius 2 is 2.14 bits per heavy atom. The highest BCUT2D eigenvalue weighted by molar-refractivity contribution is 9.10. The van der Waals surface area contributed by atoms with E-state index < -0.39 is 4.32 Å². The Kier molecular flexibility index (Phi) is 3.58. The van der Waals surface area contributed by atoms with Gasteiger partial charge >= 0.3 is 0 Å². The van der Waals surface area contributed by atoms with Crippen molar-refractivity contribution < 1.29 is 9.90 Å². The summed E-state index contributed by atoms with van der Waals surface area (Å²) >= 11 is 3.31. The first-order chi connectivity index (χ1) is 6.40. The summed E-state index contributed by atoms with van der Waals surface area (Å²) in [5.41, 5.74) is 0.197. The smallest absolute Gasteiger partial charge is 0.236 e.